The molecule has 110 valence electrons. The number of hydrogen-bond acceptors (Lipinski definition) is 7. The lowest BCUT2D eigenvalue weighted by molar-refractivity contribution is -0.384. The molecule has 1 N–H and O–H groups in total. The summed E-state index contributed by atoms with van der Waals surface area (Å²) < 4.78 is 10.9. The van der Waals surface area contributed by atoms with Gasteiger partial charge in [-0.2, -0.15) is 0 Å². The molecule has 0 radical (unpaired) electrons. The highest BCUT2D eigenvalue weighted by Gasteiger charge is 2.23. The van der Waals surface area contributed by atoms with Gasteiger partial charge in [-0.25, -0.2) is 0 Å². The number of aromatic nitrogens is 2. The number of benzene rings is 1. The van der Waals surface area contributed by atoms with E-state index in [-0.39, 0.29) is 11.8 Å². The lowest BCUT2D eigenvalue weighted by Gasteiger charge is -2.03. The average Bonchev–Trinajstić information content (AvgIpc) is 3.16. The van der Waals surface area contributed by atoms with Crippen molar-refractivity contribution in [1.82, 2.24) is 10.2 Å². The summed E-state index contributed by atoms with van der Waals surface area (Å²) in [6.07, 6.45) is 1.79. The van der Waals surface area contributed by atoms with Crippen molar-refractivity contribution < 1.29 is 14.1 Å². The fourth-order valence-electron chi connectivity index (χ4n) is 2.12. The van der Waals surface area contributed by atoms with E-state index in [0.29, 0.717) is 18.5 Å². The Bertz CT molecular complexity index is 619. The Morgan fingerprint density at radius 3 is 2.81 bits per heavy atom. The quantitative estimate of drug-likeness (QED) is 0.666. The van der Waals surface area contributed by atoms with Gasteiger partial charge in [-0.05, 0) is 18.4 Å². The smallest absolute Gasteiger partial charge is 0.315 e. The first-order valence-corrected chi connectivity index (χ1v) is 6.64. The van der Waals surface area contributed by atoms with E-state index in [1.807, 2.05) is 0 Å². The van der Waals surface area contributed by atoms with Gasteiger partial charge >= 0.3 is 6.01 Å². The Morgan fingerprint density at radius 1 is 1.33 bits per heavy atom. The van der Waals surface area contributed by atoms with Gasteiger partial charge in [-0.3, -0.25) is 10.1 Å². The second-order valence-corrected chi connectivity index (χ2v) is 4.72. The number of non-ortho nitro benzene ring substituents is 1. The molecule has 0 bridgehead atoms. The van der Waals surface area contributed by atoms with Crippen molar-refractivity contribution in [2.75, 3.05) is 11.9 Å². The number of anilines is 1. The van der Waals surface area contributed by atoms with Crippen molar-refractivity contribution >= 4 is 11.7 Å². The van der Waals surface area contributed by atoms with Crippen LogP contribution in [0.4, 0.5) is 11.7 Å². The summed E-state index contributed by atoms with van der Waals surface area (Å²) in [4.78, 5) is 10.1. The van der Waals surface area contributed by atoms with Crippen LogP contribution in [-0.4, -0.2) is 21.7 Å². The van der Waals surface area contributed by atoms with Crippen LogP contribution in [0, 0.1) is 10.1 Å². The van der Waals surface area contributed by atoms with Crippen LogP contribution in [-0.2, 0) is 11.3 Å². The molecule has 0 amide bonds. The molecule has 1 aromatic carbocycles. The highest BCUT2D eigenvalue weighted by atomic mass is 16.6. The zero-order valence-corrected chi connectivity index (χ0v) is 11.2. The van der Waals surface area contributed by atoms with Gasteiger partial charge < -0.3 is 14.5 Å². The fourth-order valence-corrected chi connectivity index (χ4v) is 2.12. The summed E-state index contributed by atoms with van der Waals surface area (Å²) in [7, 11) is 0. The monoisotopic (exact) mass is 290 g/mol. The highest BCUT2D eigenvalue weighted by Crippen LogP contribution is 2.28. The molecule has 2 aromatic rings. The molecule has 1 aliphatic rings. The first-order valence-electron chi connectivity index (χ1n) is 6.64. The number of rotatable bonds is 5. The van der Waals surface area contributed by atoms with Gasteiger partial charge in [0.2, 0.25) is 5.89 Å². The van der Waals surface area contributed by atoms with Crippen molar-refractivity contribution in [3.8, 4) is 0 Å². The van der Waals surface area contributed by atoms with E-state index in [1.165, 1.54) is 12.1 Å². The minimum atomic E-state index is -0.427. The molecule has 1 atom stereocenters. The first-order chi connectivity index (χ1) is 10.2. The van der Waals surface area contributed by atoms with Crippen LogP contribution in [0.25, 0.3) is 0 Å². The van der Waals surface area contributed by atoms with Crippen molar-refractivity contribution in [2.45, 2.75) is 25.5 Å². The maximum Gasteiger partial charge on any atom is 0.315 e. The van der Waals surface area contributed by atoms with Gasteiger partial charge in [0.1, 0.15) is 6.10 Å². The molecule has 1 saturated heterocycles. The molecule has 0 saturated carbocycles. The standard InChI is InChI=1S/C13H14N4O4/c18-17(19)10-5-3-9(4-6-10)8-14-13-16-15-12(21-13)11-2-1-7-20-11/h3-6,11H,1-2,7-8H2,(H,14,16)/t11-/m1/s1. The predicted octanol–water partition coefficient (Wildman–Crippen LogP) is 2.44. The SMILES string of the molecule is O=[N+]([O-])c1ccc(CNc2nnc([C@H]3CCCO3)o2)cc1. The summed E-state index contributed by atoms with van der Waals surface area (Å²) in [6.45, 7) is 1.17. The van der Waals surface area contributed by atoms with E-state index in [0.717, 1.165) is 25.0 Å². The maximum atomic E-state index is 10.6. The lowest BCUT2D eigenvalue weighted by Crippen LogP contribution is -1.99. The third kappa shape index (κ3) is 3.16. The molecule has 0 spiro atoms. The molecular weight excluding hydrogens is 276 g/mol. The second kappa shape index (κ2) is 5.88. The number of nitrogens with zero attached hydrogens (tertiary/aromatic N) is 3. The fraction of sp³-hybridized carbons (Fsp3) is 0.385. The van der Waals surface area contributed by atoms with Crippen molar-refractivity contribution in [2.24, 2.45) is 0 Å². The Morgan fingerprint density at radius 2 is 2.14 bits per heavy atom. The van der Waals surface area contributed by atoms with E-state index < -0.39 is 4.92 Å². The van der Waals surface area contributed by atoms with Crippen LogP contribution in [0.5, 0.6) is 0 Å². The number of nitro groups is 1. The maximum absolute atomic E-state index is 10.6. The van der Waals surface area contributed by atoms with Crippen LogP contribution < -0.4 is 5.32 Å². The number of nitro benzene ring substituents is 1. The molecule has 3 rings (SSSR count). The van der Waals surface area contributed by atoms with Crippen LogP contribution in [0.3, 0.4) is 0 Å². The predicted molar refractivity (Wildman–Crippen MR) is 72.6 cm³/mol. The van der Waals surface area contributed by atoms with Crippen LogP contribution in [0.1, 0.15) is 30.4 Å². The Balaban J connectivity index is 1.58. The van der Waals surface area contributed by atoms with Crippen molar-refractivity contribution in [3.63, 3.8) is 0 Å². The number of nitrogens with one attached hydrogen (secondary N) is 1. The van der Waals surface area contributed by atoms with Crippen LogP contribution in [0.15, 0.2) is 28.7 Å². The molecule has 1 aliphatic heterocycles. The second-order valence-electron chi connectivity index (χ2n) is 4.72. The van der Waals surface area contributed by atoms with Crippen LogP contribution in [0.2, 0.25) is 0 Å². The van der Waals surface area contributed by atoms with Crippen molar-refractivity contribution in [1.29, 1.82) is 0 Å². The molecule has 8 heteroatoms. The minimum Gasteiger partial charge on any atom is -0.405 e. The van der Waals surface area contributed by atoms with Gasteiger partial charge in [0.05, 0.1) is 4.92 Å². The minimum absolute atomic E-state index is 0.0669. The van der Waals surface area contributed by atoms with Gasteiger partial charge in [0.15, 0.2) is 0 Å². The first kappa shape index (κ1) is 13.5. The van der Waals surface area contributed by atoms with E-state index in [4.69, 9.17) is 9.15 Å². The van der Waals surface area contributed by atoms with Gasteiger partial charge in [0, 0.05) is 25.3 Å². The Kier molecular flexibility index (Phi) is 3.78. The molecule has 1 aromatic heterocycles. The summed E-state index contributed by atoms with van der Waals surface area (Å²) in [5, 5.41) is 21.4. The van der Waals surface area contributed by atoms with E-state index in [9.17, 15) is 10.1 Å². The third-order valence-electron chi connectivity index (χ3n) is 3.24. The van der Waals surface area contributed by atoms with Crippen molar-refractivity contribution in [3.05, 3.63) is 45.8 Å². The van der Waals surface area contributed by atoms with Crippen LogP contribution >= 0.6 is 0 Å². The van der Waals surface area contributed by atoms with Gasteiger partial charge in [-0.15, -0.1) is 5.10 Å². The summed E-state index contributed by atoms with van der Waals surface area (Å²) >= 11 is 0. The summed E-state index contributed by atoms with van der Waals surface area (Å²) in [6, 6.07) is 6.61. The zero-order chi connectivity index (χ0) is 14.7. The highest BCUT2D eigenvalue weighted by molar-refractivity contribution is 5.34. The molecule has 1 fully saturated rings. The summed E-state index contributed by atoms with van der Waals surface area (Å²) in [5.41, 5.74) is 0.953. The zero-order valence-electron chi connectivity index (χ0n) is 11.2. The largest absolute Gasteiger partial charge is 0.405 e. The van der Waals surface area contributed by atoms with E-state index in [2.05, 4.69) is 15.5 Å². The molecule has 0 aliphatic carbocycles. The van der Waals surface area contributed by atoms with E-state index in [1.54, 1.807) is 12.1 Å². The molecule has 2 heterocycles. The van der Waals surface area contributed by atoms with Gasteiger partial charge in [0.25, 0.3) is 5.69 Å². The Labute approximate surface area is 120 Å². The topological polar surface area (TPSA) is 103 Å². The molecule has 8 nitrogen and oxygen atoms in total. The van der Waals surface area contributed by atoms with E-state index >= 15 is 0 Å². The summed E-state index contributed by atoms with van der Waals surface area (Å²) in [5.74, 6) is 0.485. The molecular formula is C13H14N4O4. The molecule has 0 unspecified atom stereocenters. The number of hydrogen-bond donors (Lipinski definition) is 1. The average molecular weight is 290 g/mol. The third-order valence-corrected chi connectivity index (χ3v) is 3.24. The number of ether oxygens (including phenoxy) is 1. The molecule has 21 heavy (non-hydrogen) atoms. The normalized spacial score (nSPS) is 17.8. The Hall–Kier alpha value is -2.48. The lowest BCUT2D eigenvalue weighted by atomic mass is 10.2. The van der Waals surface area contributed by atoms with Gasteiger partial charge in [-0.1, -0.05) is 17.2 Å².